The van der Waals surface area contributed by atoms with E-state index in [2.05, 4.69) is 5.32 Å². The Kier molecular flexibility index (Phi) is 5.95. The van der Waals surface area contributed by atoms with E-state index in [4.69, 9.17) is 27.9 Å². The molecule has 0 fully saturated rings. The highest BCUT2D eigenvalue weighted by Gasteiger charge is 2.24. The Labute approximate surface area is 156 Å². The fourth-order valence-electron chi connectivity index (χ4n) is 1.97. The van der Waals surface area contributed by atoms with Gasteiger partial charge in [-0.05, 0) is 36.4 Å². The SMILES string of the molecule is COc1ccc(NC(=O)c2cc(S(=O)(=O)N(C)C)c(Cl)cc2Cl)cc1. The van der Waals surface area contributed by atoms with E-state index in [1.54, 1.807) is 24.3 Å². The summed E-state index contributed by atoms with van der Waals surface area (Å²) in [6, 6.07) is 9.07. The standard InChI is InChI=1S/C16H16Cl2N2O4S/c1-20(2)25(22,23)15-8-12(13(17)9-14(15)18)16(21)19-10-4-6-11(24-3)7-5-10/h4-9H,1-3H3,(H,19,21). The van der Waals surface area contributed by atoms with Gasteiger partial charge in [-0.15, -0.1) is 0 Å². The summed E-state index contributed by atoms with van der Waals surface area (Å²) in [7, 11) is 0.464. The van der Waals surface area contributed by atoms with E-state index >= 15 is 0 Å². The number of methoxy groups -OCH3 is 1. The highest BCUT2D eigenvalue weighted by atomic mass is 35.5. The van der Waals surface area contributed by atoms with Crippen molar-refractivity contribution in [1.29, 1.82) is 0 Å². The minimum absolute atomic E-state index is 0.00214. The Morgan fingerprint density at radius 2 is 1.68 bits per heavy atom. The molecule has 6 nitrogen and oxygen atoms in total. The minimum Gasteiger partial charge on any atom is -0.497 e. The number of nitrogens with one attached hydrogen (secondary N) is 1. The van der Waals surface area contributed by atoms with Gasteiger partial charge in [0.05, 0.1) is 22.7 Å². The molecule has 0 aromatic heterocycles. The maximum Gasteiger partial charge on any atom is 0.257 e. The molecule has 0 aliphatic carbocycles. The summed E-state index contributed by atoms with van der Waals surface area (Å²) in [4.78, 5) is 12.3. The van der Waals surface area contributed by atoms with Gasteiger partial charge in [0.1, 0.15) is 10.6 Å². The van der Waals surface area contributed by atoms with E-state index in [9.17, 15) is 13.2 Å². The molecular weight excluding hydrogens is 387 g/mol. The van der Waals surface area contributed by atoms with Crippen LogP contribution in [0.2, 0.25) is 10.0 Å². The van der Waals surface area contributed by atoms with Crippen LogP contribution in [-0.2, 0) is 10.0 Å². The van der Waals surface area contributed by atoms with Gasteiger partial charge in [0, 0.05) is 19.8 Å². The van der Waals surface area contributed by atoms with Crippen LogP contribution in [-0.4, -0.2) is 39.8 Å². The van der Waals surface area contributed by atoms with Crippen molar-refractivity contribution in [2.75, 3.05) is 26.5 Å². The molecule has 134 valence electrons. The molecule has 0 radical (unpaired) electrons. The molecular formula is C16H16Cl2N2O4S. The van der Waals surface area contributed by atoms with Crippen molar-refractivity contribution >= 4 is 44.8 Å². The zero-order chi connectivity index (χ0) is 18.8. The van der Waals surface area contributed by atoms with Gasteiger partial charge in [0.25, 0.3) is 5.91 Å². The molecule has 2 rings (SSSR count). The quantitative estimate of drug-likeness (QED) is 0.829. The molecule has 0 saturated carbocycles. The predicted molar refractivity (Wildman–Crippen MR) is 98.3 cm³/mol. The molecule has 2 aromatic rings. The van der Waals surface area contributed by atoms with E-state index < -0.39 is 15.9 Å². The van der Waals surface area contributed by atoms with E-state index in [1.165, 1.54) is 33.3 Å². The van der Waals surface area contributed by atoms with Crippen LogP contribution in [0.4, 0.5) is 5.69 Å². The van der Waals surface area contributed by atoms with Gasteiger partial charge in [0.2, 0.25) is 10.0 Å². The van der Waals surface area contributed by atoms with E-state index in [0.717, 1.165) is 4.31 Å². The number of nitrogens with zero attached hydrogens (tertiary/aromatic N) is 1. The number of sulfonamides is 1. The summed E-state index contributed by atoms with van der Waals surface area (Å²) in [5.41, 5.74) is 0.510. The van der Waals surface area contributed by atoms with Gasteiger partial charge in [-0.1, -0.05) is 23.2 Å². The van der Waals surface area contributed by atoms with Crippen LogP contribution in [0.15, 0.2) is 41.3 Å². The zero-order valence-corrected chi connectivity index (χ0v) is 16.0. The van der Waals surface area contributed by atoms with Gasteiger partial charge in [-0.25, -0.2) is 12.7 Å². The second-order valence-electron chi connectivity index (χ2n) is 5.23. The number of ether oxygens (including phenoxy) is 1. The van der Waals surface area contributed by atoms with Gasteiger partial charge in [0.15, 0.2) is 0 Å². The van der Waals surface area contributed by atoms with Crippen LogP contribution in [0.3, 0.4) is 0 Å². The lowest BCUT2D eigenvalue weighted by atomic mass is 10.2. The lowest BCUT2D eigenvalue weighted by Gasteiger charge is -2.15. The van der Waals surface area contributed by atoms with E-state index in [-0.39, 0.29) is 20.5 Å². The summed E-state index contributed by atoms with van der Waals surface area (Å²) in [5.74, 6) is 0.0870. The van der Waals surface area contributed by atoms with Gasteiger partial charge in [-0.2, -0.15) is 0 Å². The van der Waals surface area contributed by atoms with E-state index in [0.29, 0.717) is 11.4 Å². The molecule has 0 bridgehead atoms. The monoisotopic (exact) mass is 402 g/mol. The highest BCUT2D eigenvalue weighted by molar-refractivity contribution is 7.89. The van der Waals surface area contributed by atoms with Crippen molar-refractivity contribution in [3.63, 3.8) is 0 Å². The van der Waals surface area contributed by atoms with Crippen LogP contribution in [0.5, 0.6) is 5.75 Å². The summed E-state index contributed by atoms with van der Waals surface area (Å²) in [5, 5.41) is 2.64. The first kappa shape index (κ1) is 19.5. The third-order valence-electron chi connectivity index (χ3n) is 3.37. The average Bonchev–Trinajstić information content (AvgIpc) is 2.55. The summed E-state index contributed by atoms with van der Waals surface area (Å²) < 4.78 is 30.7. The first-order chi connectivity index (χ1) is 11.7. The normalized spacial score (nSPS) is 11.4. The maximum atomic E-state index is 12.5. The molecule has 0 atom stereocenters. The number of rotatable bonds is 5. The molecule has 0 unspecified atom stereocenters. The lowest BCUT2D eigenvalue weighted by molar-refractivity contribution is 0.102. The third-order valence-corrected chi connectivity index (χ3v) is 5.97. The maximum absolute atomic E-state index is 12.5. The minimum atomic E-state index is -3.82. The molecule has 1 amide bonds. The van der Waals surface area contributed by atoms with Crippen molar-refractivity contribution in [3.8, 4) is 5.75 Å². The molecule has 0 spiro atoms. The number of hydrogen-bond acceptors (Lipinski definition) is 4. The van der Waals surface area contributed by atoms with E-state index in [1.807, 2.05) is 0 Å². The van der Waals surface area contributed by atoms with Crippen molar-refractivity contribution < 1.29 is 17.9 Å². The molecule has 1 N–H and O–H groups in total. The molecule has 0 heterocycles. The topological polar surface area (TPSA) is 75.7 Å². The molecule has 0 aliphatic heterocycles. The number of amides is 1. The van der Waals surface area contributed by atoms with Crippen molar-refractivity contribution in [3.05, 3.63) is 52.0 Å². The third kappa shape index (κ3) is 4.24. The van der Waals surface area contributed by atoms with Crippen LogP contribution in [0, 0.1) is 0 Å². The Balaban J connectivity index is 2.39. The van der Waals surface area contributed by atoms with Crippen molar-refractivity contribution in [1.82, 2.24) is 4.31 Å². The number of anilines is 1. The molecule has 0 aliphatic rings. The Hall–Kier alpha value is -1.80. The summed E-state index contributed by atoms with van der Waals surface area (Å²) >= 11 is 12.1. The second kappa shape index (κ2) is 7.61. The lowest BCUT2D eigenvalue weighted by Crippen LogP contribution is -2.23. The number of halogens is 2. The van der Waals surface area contributed by atoms with Crippen molar-refractivity contribution in [2.45, 2.75) is 4.90 Å². The molecule has 2 aromatic carbocycles. The zero-order valence-electron chi connectivity index (χ0n) is 13.7. The average molecular weight is 403 g/mol. The Morgan fingerprint density at radius 1 is 1.08 bits per heavy atom. The smallest absolute Gasteiger partial charge is 0.257 e. The molecule has 25 heavy (non-hydrogen) atoms. The number of carbonyl (C=O) groups is 1. The Bertz CT molecular complexity index is 897. The van der Waals surface area contributed by atoms with Gasteiger partial charge < -0.3 is 10.1 Å². The number of benzene rings is 2. The van der Waals surface area contributed by atoms with Gasteiger partial charge >= 0.3 is 0 Å². The van der Waals surface area contributed by atoms with Crippen LogP contribution >= 0.6 is 23.2 Å². The highest BCUT2D eigenvalue weighted by Crippen LogP contribution is 2.30. The van der Waals surface area contributed by atoms with Crippen LogP contribution < -0.4 is 10.1 Å². The first-order valence-electron chi connectivity index (χ1n) is 7.03. The molecule has 9 heteroatoms. The fraction of sp³-hybridized carbons (Fsp3) is 0.188. The second-order valence-corrected chi connectivity index (χ2v) is 8.17. The van der Waals surface area contributed by atoms with Crippen LogP contribution in [0.1, 0.15) is 10.4 Å². The predicted octanol–water partition coefficient (Wildman–Crippen LogP) is 3.50. The first-order valence-corrected chi connectivity index (χ1v) is 9.23. The van der Waals surface area contributed by atoms with Crippen molar-refractivity contribution in [2.24, 2.45) is 0 Å². The summed E-state index contributed by atoms with van der Waals surface area (Å²) in [6.07, 6.45) is 0. The largest absolute Gasteiger partial charge is 0.497 e. The van der Waals surface area contributed by atoms with Gasteiger partial charge in [-0.3, -0.25) is 4.79 Å². The molecule has 0 saturated heterocycles. The fourth-order valence-corrected chi connectivity index (χ4v) is 3.70. The van der Waals surface area contributed by atoms with Crippen LogP contribution in [0.25, 0.3) is 0 Å². The number of carbonyl (C=O) groups excluding carboxylic acids is 1. The summed E-state index contributed by atoms with van der Waals surface area (Å²) in [6.45, 7) is 0. The number of hydrogen-bond donors (Lipinski definition) is 1. The Morgan fingerprint density at radius 3 is 2.20 bits per heavy atom.